The first-order chi connectivity index (χ1) is 14.7. The van der Waals surface area contributed by atoms with Crippen LogP contribution in [0.3, 0.4) is 0 Å². The average molecular weight is 441 g/mol. The molecule has 0 aliphatic carbocycles. The van der Waals surface area contributed by atoms with Gasteiger partial charge in [0.15, 0.2) is 5.82 Å². The van der Waals surface area contributed by atoms with Gasteiger partial charge in [-0.3, -0.25) is 9.59 Å². The Morgan fingerprint density at radius 3 is 2.32 bits per heavy atom. The minimum absolute atomic E-state index is 0.0538. The number of halogens is 1. The maximum Gasteiger partial charge on any atom is 0.257 e. The van der Waals surface area contributed by atoms with Crippen LogP contribution in [0.4, 0.5) is 0 Å². The summed E-state index contributed by atoms with van der Waals surface area (Å²) in [5.74, 6) is 0.514. The van der Waals surface area contributed by atoms with Crippen LogP contribution in [0.15, 0.2) is 53.1 Å². The standard InChI is InChI=1S/C23H25ClN4O3/c1-14(2)23(30)28(4)13-16-5-7-17(8-6-16)21(29)25-15(3)20-26-22(31-27-20)18-9-11-19(24)12-10-18/h5-12,14-15H,13H2,1-4H3,(H,25,29). The van der Waals surface area contributed by atoms with Crippen molar-refractivity contribution in [2.75, 3.05) is 7.05 Å². The van der Waals surface area contributed by atoms with Gasteiger partial charge in [-0.1, -0.05) is 42.7 Å². The van der Waals surface area contributed by atoms with Gasteiger partial charge in [0.05, 0.1) is 6.04 Å². The molecule has 1 unspecified atom stereocenters. The lowest BCUT2D eigenvalue weighted by Gasteiger charge is -2.19. The maximum atomic E-state index is 12.6. The molecule has 2 amide bonds. The SMILES string of the molecule is CC(C)C(=O)N(C)Cc1ccc(C(=O)NC(C)c2noc(-c3ccc(Cl)cc3)n2)cc1. The molecule has 0 aliphatic rings. The van der Waals surface area contributed by atoms with Crippen molar-refractivity contribution in [2.24, 2.45) is 5.92 Å². The zero-order valence-corrected chi connectivity index (χ0v) is 18.7. The third-order valence-corrected chi connectivity index (χ3v) is 5.03. The molecule has 162 valence electrons. The minimum Gasteiger partial charge on any atom is -0.342 e. The van der Waals surface area contributed by atoms with E-state index in [1.54, 1.807) is 55.3 Å². The van der Waals surface area contributed by atoms with Crippen LogP contribution in [0.5, 0.6) is 0 Å². The molecule has 3 rings (SSSR count). The molecule has 7 nitrogen and oxygen atoms in total. The molecule has 0 spiro atoms. The highest BCUT2D eigenvalue weighted by Crippen LogP contribution is 2.21. The number of rotatable bonds is 7. The Balaban J connectivity index is 1.61. The minimum atomic E-state index is -0.438. The normalized spacial score (nSPS) is 11.9. The van der Waals surface area contributed by atoms with E-state index in [1.165, 1.54) is 0 Å². The second-order valence-electron chi connectivity index (χ2n) is 7.71. The summed E-state index contributed by atoms with van der Waals surface area (Å²) in [6.45, 7) is 6.02. The number of benzene rings is 2. The number of carbonyl (C=O) groups is 2. The Morgan fingerprint density at radius 2 is 1.71 bits per heavy atom. The first-order valence-corrected chi connectivity index (χ1v) is 10.4. The fraction of sp³-hybridized carbons (Fsp3) is 0.304. The van der Waals surface area contributed by atoms with Gasteiger partial charge in [-0.2, -0.15) is 4.98 Å². The third kappa shape index (κ3) is 5.70. The van der Waals surface area contributed by atoms with Gasteiger partial charge in [0.25, 0.3) is 11.8 Å². The zero-order chi connectivity index (χ0) is 22.5. The first kappa shape index (κ1) is 22.5. The largest absolute Gasteiger partial charge is 0.342 e. The first-order valence-electron chi connectivity index (χ1n) is 9.99. The van der Waals surface area contributed by atoms with Crippen LogP contribution in [-0.2, 0) is 11.3 Å². The van der Waals surface area contributed by atoms with Crippen LogP contribution < -0.4 is 5.32 Å². The van der Waals surface area contributed by atoms with Crippen LogP contribution in [0, 0.1) is 5.92 Å². The Labute approximate surface area is 186 Å². The zero-order valence-electron chi connectivity index (χ0n) is 17.9. The molecule has 1 heterocycles. The molecular weight excluding hydrogens is 416 g/mol. The van der Waals surface area contributed by atoms with E-state index in [1.807, 2.05) is 26.0 Å². The van der Waals surface area contributed by atoms with Gasteiger partial charge < -0.3 is 14.7 Å². The van der Waals surface area contributed by atoms with E-state index >= 15 is 0 Å². The van der Waals surface area contributed by atoms with Crippen LogP contribution in [0.1, 0.15) is 48.6 Å². The van der Waals surface area contributed by atoms with Crippen LogP contribution in [-0.4, -0.2) is 33.9 Å². The van der Waals surface area contributed by atoms with E-state index in [-0.39, 0.29) is 17.7 Å². The molecule has 0 aliphatic heterocycles. The summed E-state index contributed by atoms with van der Waals surface area (Å²) in [6, 6.07) is 13.8. The predicted molar refractivity (Wildman–Crippen MR) is 118 cm³/mol. The maximum absolute atomic E-state index is 12.6. The highest BCUT2D eigenvalue weighted by molar-refractivity contribution is 6.30. The molecule has 1 atom stereocenters. The molecule has 3 aromatic rings. The summed E-state index contributed by atoms with van der Waals surface area (Å²) in [4.78, 5) is 30.7. The lowest BCUT2D eigenvalue weighted by Crippen LogP contribution is -2.30. The van der Waals surface area contributed by atoms with Crippen LogP contribution in [0.2, 0.25) is 5.02 Å². The van der Waals surface area contributed by atoms with E-state index in [0.717, 1.165) is 11.1 Å². The van der Waals surface area contributed by atoms with E-state index in [2.05, 4.69) is 15.5 Å². The molecule has 8 heteroatoms. The lowest BCUT2D eigenvalue weighted by atomic mass is 10.1. The van der Waals surface area contributed by atoms with Gasteiger partial charge in [0.2, 0.25) is 5.91 Å². The number of amides is 2. The van der Waals surface area contributed by atoms with Gasteiger partial charge in [0, 0.05) is 35.7 Å². The highest BCUT2D eigenvalue weighted by atomic mass is 35.5. The highest BCUT2D eigenvalue weighted by Gasteiger charge is 2.18. The predicted octanol–water partition coefficient (Wildman–Crippen LogP) is 4.50. The van der Waals surface area contributed by atoms with Gasteiger partial charge in [0.1, 0.15) is 0 Å². The summed E-state index contributed by atoms with van der Waals surface area (Å²) >= 11 is 5.90. The van der Waals surface area contributed by atoms with Crippen molar-refractivity contribution >= 4 is 23.4 Å². The number of carbonyl (C=O) groups excluding carboxylic acids is 2. The smallest absolute Gasteiger partial charge is 0.257 e. The fourth-order valence-corrected chi connectivity index (χ4v) is 3.15. The summed E-state index contributed by atoms with van der Waals surface area (Å²) in [6.07, 6.45) is 0. The molecule has 1 N–H and O–H groups in total. The monoisotopic (exact) mass is 440 g/mol. The number of aromatic nitrogens is 2. The van der Waals surface area contributed by atoms with Crippen LogP contribution >= 0.6 is 11.6 Å². The van der Waals surface area contributed by atoms with E-state index in [0.29, 0.717) is 28.8 Å². The molecule has 0 saturated heterocycles. The van der Waals surface area contributed by atoms with Gasteiger partial charge >= 0.3 is 0 Å². The summed E-state index contributed by atoms with van der Waals surface area (Å²) in [5.41, 5.74) is 2.21. The molecule has 2 aromatic carbocycles. The fourth-order valence-electron chi connectivity index (χ4n) is 3.02. The molecule has 31 heavy (non-hydrogen) atoms. The van der Waals surface area contributed by atoms with Crippen molar-refractivity contribution in [2.45, 2.75) is 33.4 Å². The van der Waals surface area contributed by atoms with Gasteiger partial charge in [-0.05, 0) is 48.9 Å². The van der Waals surface area contributed by atoms with Crippen molar-refractivity contribution in [3.8, 4) is 11.5 Å². The Hall–Kier alpha value is -3.19. The number of nitrogens with one attached hydrogen (secondary N) is 1. The van der Waals surface area contributed by atoms with E-state index in [4.69, 9.17) is 16.1 Å². The van der Waals surface area contributed by atoms with Gasteiger partial charge in [-0.15, -0.1) is 0 Å². The topological polar surface area (TPSA) is 88.3 Å². The summed E-state index contributed by atoms with van der Waals surface area (Å²) in [5, 5.41) is 7.46. The average Bonchev–Trinajstić information content (AvgIpc) is 3.24. The lowest BCUT2D eigenvalue weighted by molar-refractivity contribution is -0.133. The third-order valence-electron chi connectivity index (χ3n) is 4.77. The number of nitrogens with zero attached hydrogens (tertiary/aromatic N) is 3. The molecule has 0 bridgehead atoms. The summed E-state index contributed by atoms with van der Waals surface area (Å²) < 4.78 is 5.30. The Bertz CT molecular complexity index is 1050. The van der Waals surface area contributed by atoms with Crippen molar-refractivity contribution in [3.63, 3.8) is 0 Å². The van der Waals surface area contributed by atoms with Crippen molar-refractivity contribution in [3.05, 3.63) is 70.5 Å². The molecule has 0 saturated carbocycles. The van der Waals surface area contributed by atoms with Gasteiger partial charge in [-0.25, -0.2) is 0 Å². The Morgan fingerprint density at radius 1 is 1.06 bits per heavy atom. The Kier molecular flexibility index (Phi) is 7.07. The molecular formula is C23H25ClN4O3. The van der Waals surface area contributed by atoms with E-state index < -0.39 is 6.04 Å². The second-order valence-corrected chi connectivity index (χ2v) is 8.14. The number of hydrogen-bond acceptors (Lipinski definition) is 5. The van der Waals surface area contributed by atoms with Crippen molar-refractivity contribution in [1.82, 2.24) is 20.4 Å². The molecule has 0 radical (unpaired) electrons. The molecule has 0 fully saturated rings. The van der Waals surface area contributed by atoms with Crippen molar-refractivity contribution < 1.29 is 14.1 Å². The second kappa shape index (κ2) is 9.75. The molecule has 1 aromatic heterocycles. The van der Waals surface area contributed by atoms with E-state index in [9.17, 15) is 9.59 Å². The summed E-state index contributed by atoms with van der Waals surface area (Å²) in [7, 11) is 1.77. The quantitative estimate of drug-likeness (QED) is 0.584. The van der Waals surface area contributed by atoms with Crippen LogP contribution in [0.25, 0.3) is 11.5 Å². The number of hydrogen-bond donors (Lipinski definition) is 1. The van der Waals surface area contributed by atoms with Crippen molar-refractivity contribution in [1.29, 1.82) is 0 Å².